The molecule has 26 heavy (non-hydrogen) atoms. The minimum absolute atomic E-state index is 0.0437. The zero-order chi connectivity index (χ0) is 18.8. The highest BCUT2D eigenvalue weighted by Gasteiger charge is 2.47. The second kappa shape index (κ2) is 7.61. The van der Waals surface area contributed by atoms with Crippen molar-refractivity contribution in [2.24, 2.45) is 18.9 Å². The number of nitrogens with one attached hydrogen (secondary N) is 2. The molecule has 2 atom stereocenters. The van der Waals surface area contributed by atoms with Crippen LogP contribution in [-0.2, 0) is 21.4 Å². The summed E-state index contributed by atoms with van der Waals surface area (Å²) in [6.45, 7) is 0.0437. The van der Waals surface area contributed by atoms with Gasteiger partial charge in [-0.05, 0) is 34.8 Å². The number of imide groups is 1. The first-order valence-corrected chi connectivity index (χ1v) is 9.44. The Morgan fingerprint density at radius 2 is 1.77 bits per heavy atom. The highest BCUT2D eigenvalue weighted by atomic mass is 79.9. The van der Waals surface area contributed by atoms with Gasteiger partial charge in [-0.15, -0.1) is 0 Å². The molecule has 140 valence electrons. The van der Waals surface area contributed by atoms with E-state index >= 15 is 0 Å². The quantitative estimate of drug-likeness (QED) is 0.558. The molecule has 1 aromatic heterocycles. The Bertz CT molecular complexity index is 736. The summed E-state index contributed by atoms with van der Waals surface area (Å²) in [5, 5.41) is 0. The predicted octanol–water partition coefficient (Wildman–Crippen LogP) is 1.11. The summed E-state index contributed by atoms with van der Waals surface area (Å²) in [6, 6.07) is 1.63. The van der Waals surface area contributed by atoms with Gasteiger partial charge in [-0.1, -0.05) is 12.8 Å². The Kier molecular flexibility index (Phi) is 5.45. The molecular weight excluding hydrogens is 404 g/mol. The summed E-state index contributed by atoms with van der Waals surface area (Å²) >= 11 is 3.27. The normalized spacial score (nSPS) is 22.3. The van der Waals surface area contributed by atoms with E-state index in [0.717, 1.165) is 30.2 Å². The van der Waals surface area contributed by atoms with Crippen LogP contribution in [0, 0.1) is 11.8 Å². The molecular formula is C17H21BrN4O4. The van der Waals surface area contributed by atoms with Crippen LogP contribution in [0.2, 0.25) is 0 Å². The van der Waals surface area contributed by atoms with Crippen molar-refractivity contribution >= 4 is 39.6 Å². The van der Waals surface area contributed by atoms with Gasteiger partial charge in [-0.3, -0.25) is 34.9 Å². The Morgan fingerprint density at radius 1 is 1.15 bits per heavy atom. The van der Waals surface area contributed by atoms with E-state index in [0.29, 0.717) is 5.69 Å². The monoisotopic (exact) mass is 424 g/mol. The number of hydrogen-bond donors (Lipinski definition) is 2. The molecule has 2 aliphatic rings. The van der Waals surface area contributed by atoms with Crippen molar-refractivity contribution in [3.63, 3.8) is 0 Å². The van der Waals surface area contributed by atoms with E-state index in [1.54, 1.807) is 23.9 Å². The lowest BCUT2D eigenvalue weighted by atomic mass is 9.81. The lowest BCUT2D eigenvalue weighted by molar-refractivity contribution is -0.140. The number of amides is 4. The van der Waals surface area contributed by atoms with E-state index < -0.39 is 11.8 Å². The van der Waals surface area contributed by atoms with Crippen molar-refractivity contribution in [3.8, 4) is 0 Å². The number of hydrazine groups is 1. The lowest BCUT2D eigenvalue weighted by Gasteiger charge is -2.19. The summed E-state index contributed by atoms with van der Waals surface area (Å²) in [4.78, 5) is 49.9. The Balaban J connectivity index is 1.48. The second-order valence-corrected chi connectivity index (χ2v) is 7.65. The second-order valence-electron chi connectivity index (χ2n) is 6.73. The first kappa shape index (κ1) is 18.6. The van der Waals surface area contributed by atoms with Crippen LogP contribution >= 0.6 is 15.9 Å². The molecule has 0 spiro atoms. The van der Waals surface area contributed by atoms with Crippen LogP contribution in [0.1, 0.15) is 42.6 Å². The van der Waals surface area contributed by atoms with Crippen molar-refractivity contribution < 1.29 is 19.2 Å². The van der Waals surface area contributed by atoms with Gasteiger partial charge in [0.25, 0.3) is 5.91 Å². The molecule has 1 saturated heterocycles. The third kappa shape index (κ3) is 3.67. The molecule has 1 saturated carbocycles. The molecule has 0 bridgehead atoms. The fourth-order valence-corrected chi connectivity index (χ4v) is 4.19. The minimum Gasteiger partial charge on any atom is -0.345 e. The fraction of sp³-hybridized carbons (Fsp3) is 0.529. The summed E-state index contributed by atoms with van der Waals surface area (Å²) < 4.78 is 2.37. The molecule has 0 radical (unpaired) electrons. The van der Waals surface area contributed by atoms with Gasteiger partial charge >= 0.3 is 0 Å². The van der Waals surface area contributed by atoms with Crippen LogP contribution in [0.4, 0.5) is 0 Å². The number of halogens is 1. The smallest absolute Gasteiger partial charge is 0.286 e. The molecule has 1 aliphatic carbocycles. The number of rotatable bonds is 4. The van der Waals surface area contributed by atoms with Crippen LogP contribution in [-0.4, -0.2) is 39.6 Å². The number of fused-ring (bicyclic) bond motifs is 1. The third-order valence-corrected chi connectivity index (χ3v) is 5.45. The average Bonchev–Trinajstić information content (AvgIpc) is 3.08. The molecule has 1 aliphatic heterocycles. The van der Waals surface area contributed by atoms with Crippen molar-refractivity contribution in [1.29, 1.82) is 0 Å². The number of hydrogen-bond acceptors (Lipinski definition) is 4. The van der Waals surface area contributed by atoms with Gasteiger partial charge < -0.3 is 4.57 Å². The van der Waals surface area contributed by atoms with E-state index in [1.807, 2.05) is 0 Å². The lowest BCUT2D eigenvalue weighted by Crippen LogP contribution is -2.44. The van der Waals surface area contributed by atoms with E-state index in [2.05, 4.69) is 26.8 Å². The van der Waals surface area contributed by atoms with Gasteiger partial charge in [0.1, 0.15) is 5.69 Å². The number of aryl methyl sites for hydroxylation is 1. The third-order valence-electron chi connectivity index (χ3n) is 5.01. The van der Waals surface area contributed by atoms with Gasteiger partial charge in [-0.25, -0.2) is 0 Å². The predicted molar refractivity (Wildman–Crippen MR) is 95.5 cm³/mol. The zero-order valence-electron chi connectivity index (χ0n) is 14.5. The SMILES string of the molecule is Cn1cc(Br)cc1C(=O)NNC(=O)CCN1C(=O)C2CCCCC2C1=O. The Morgan fingerprint density at radius 3 is 2.31 bits per heavy atom. The average molecular weight is 425 g/mol. The summed E-state index contributed by atoms with van der Waals surface area (Å²) in [5.41, 5.74) is 5.03. The van der Waals surface area contributed by atoms with E-state index in [-0.39, 0.29) is 36.6 Å². The molecule has 2 unspecified atom stereocenters. The maximum absolute atomic E-state index is 12.4. The molecule has 3 rings (SSSR count). The van der Waals surface area contributed by atoms with E-state index in [4.69, 9.17) is 0 Å². The molecule has 8 nitrogen and oxygen atoms in total. The van der Waals surface area contributed by atoms with E-state index in [9.17, 15) is 19.2 Å². The fourth-order valence-electron chi connectivity index (χ4n) is 3.67. The van der Waals surface area contributed by atoms with Crippen LogP contribution in [0.5, 0.6) is 0 Å². The number of carbonyl (C=O) groups is 4. The largest absolute Gasteiger partial charge is 0.345 e. The number of likely N-dealkylation sites (tertiary alicyclic amines) is 1. The molecule has 2 N–H and O–H groups in total. The van der Waals surface area contributed by atoms with Gasteiger partial charge in [0.05, 0.1) is 11.8 Å². The minimum atomic E-state index is -0.456. The van der Waals surface area contributed by atoms with Crippen LogP contribution in [0.25, 0.3) is 0 Å². The van der Waals surface area contributed by atoms with Gasteiger partial charge in [-0.2, -0.15) is 0 Å². The summed E-state index contributed by atoms with van der Waals surface area (Å²) in [6.07, 6.45) is 5.11. The van der Waals surface area contributed by atoms with Gasteiger partial charge in [0.15, 0.2) is 0 Å². The van der Waals surface area contributed by atoms with Gasteiger partial charge in [0, 0.05) is 30.7 Å². The topological polar surface area (TPSA) is 101 Å². The maximum Gasteiger partial charge on any atom is 0.286 e. The van der Waals surface area contributed by atoms with Crippen molar-refractivity contribution in [2.45, 2.75) is 32.1 Å². The van der Waals surface area contributed by atoms with Crippen molar-refractivity contribution in [3.05, 3.63) is 22.4 Å². The molecule has 1 aromatic rings. The molecule has 2 fully saturated rings. The molecule has 2 heterocycles. The van der Waals surface area contributed by atoms with Crippen LogP contribution < -0.4 is 10.9 Å². The summed E-state index contributed by atoms with van der Waals surface area (Å²) in [5.74, 6) is -1.66. The molecule has 9 heteroatoms. The van der Waals surface area contributed by atoms with Gasteiger partial charge in [0.2, 0.25) is 17.7 Å². The van der Waals surface area contributed by atoms with Crippen LogP contribution in [0.15, 0.2) is 16.7 Å². The van der Waals surface area contributed by atoms with Crippen molar-refractivity contribution in [1.82, 2.24) is 20.3 Å². The Labute approximate surface area is 159 Å². The van der Waals surface area contributed by atoms with E-state index in [1.165, 1.54) is 4.90 Å². The Hall–Kier alpha value is -2.16. The number of aromatic nitrogens is 1. The highest BCUT2D eigenvalue weighted by Crippen LogP contribution is 2.37. The first-order chi connectivity index (χ1) is 12.4. The molecule has 4 amide bonds. The number of nitrogens with zero attached hydrogens (tertiary/aromatic N) is 2. The van der Waals surface area contributed by atoms with Crippen molar-refractivity contribution in [2.75, 3.05) is 6.54 Å². The van der Waals surface area contributed by atoms with Crippen LogP contribution in [0.3, 0.4) is 0 Å². The molecule has 0 aromatic carbocycles. The zero-order valence-corrected chi connectivity index (χ0v) is 16.0. The highest BCUT2D eigenvalue weighted by molar-refractivity contribution is 9.10. The first-order valence-electron chi connectivity index (χ1n) is 8.64. The maximum atomic E-state index is 12.4. The number of carbonyl (C=O) groups excluding carboxylic acids is 4. The standard InChI is InChI=1S/C17H21BrN4O4/c1-21-9-10(18)8-13(21)15(24)20-19-14(23)6-7-22-16(25)11-4-2-3-5-12(11)17(22)26/h8-9,11-12H,2-7H2,1H3,(H,19,23)(H,20,24). The summed E-state index contributed by atoms with van der Waals surface area (Å²) in [7, 11) is 1.71.